The highest BCUT2D eigenvalue weighted by Gasteiger charge is 2.33. The molecule has 0 atom stereocenters. The predicted molar refractivity (Wildman–Crippen MR) is 65.4 cm³/mol. The lowest BCUT2D eigenvalue weighted by Gasteiger charge is -2.18. The predicted octanol–water partition coefficient (Wildman–Crippen LogP) is 3.83. The van der Waals surface area contributed by atoms with E-state index in [9.17, 15) is 0 Å². The van der Waals surface area contributed by atoms with Crippen LogP contribution in [-0.4, -0.2) is 13.6 Å². The van der Waals surface area contributed by atoms with E-state index < -0.39 is 0 Å². The van der Waals surface area contributed by atoms with Crippen LogP contribution in [-0.2, 0) is 5.41 Å². The van der Waals surface area contributed by atoms with E-state index in [-0.39, 0.29) is 5.41 Å². The first-order valence-electron chi connectivity index (χ1n) is 4.62. The number of halogens is 2. The van der Waals surface area contributed by atoms with Crippen molar-refractivity contribution in [3.8, 4) is 0 Å². The summed E-state index contributed by atoms with van der Waals surface area (Å²) in [6.07, 6.45) is 0. The van der Waals surface area contributed by atoms with Gasteiger partial charge in [-0.2, -0.15) is 0 Å². The lowest BCUT2D eigenvalue weighted by molar-refractivity contribution is 0.563. The van der Waals surface area contributed by atoms with Gasteiger partial charge in [-0.05, 0) is 33.6 Å². The Morgan fingerprint density at radius 2 is 2.07 bits per heavy atom. The SMILES string of the molecule is CN1CC(C)(C)c2cc(Br)c(Cl)cc21. The Morgan fingerprint density at radius 3 is 2.71 bits per heavy atom. The number of fused-ring (bicyclic) bond motifs is 1. The quantitative estimate of drug-likeness (QED) is 0.695. The Balaban J connectivity index is 2.64. The van der Waals surface area contributed by atoms with E-state index >= 15 is 0 Å². The molecule has 1 aromatic rings. The maximum absolute atomic E-state index is 6.08. The highest BCUT2D eigenvalue weighted by atomic mass is 79.9. The number of hydrogen-bond acceptors (Lipinski definition) is 1. The van der Waals surface area contributed by atoms with Crippen molar-refractivity contribution >= 4 is 33.2 Å². The number of hydrogen-bond donors (Lipinski definition) is 0. The molecule has 0 spiro atoms. The van der Waals surface area contributed by atoms with E-state index in [1.807, 2.05) is 6.07 Å². The van der Waals surface area contributed by atoms with E-state index in [1.165, 1.54) is 11.3 Å². The van der Waals surface area contributed by atoms with Crippen LogP contribution in [0.2, 0.25) is 5.02 Å². The molecular weight excluding hydrogens is 261 g/mol. The van der Waals surface area contributed by atoms with E-state index in [1.54, 1.807) is 0 Å². The van der Waals surface area contributed by atoms with Crippen molar-refractivity contribution in [2.75, 3.05) is 18.5 Å². The summed E-state index contributed by atoms with van der Waals surface area (Å²) in [6.45, 7) is 5.57. The molecule has 0 unspecified atom stereocenters. The molecule has 1 aromatic carbocycles. The van der Waals surface area contributed by atoms with E-state index in [0.717, 1.165) is 16.0 Å². The van der Waals surface area contributed by atoms with Crippen LogP contribution in [0.1, 0.15) is 19.4 Å². The second-order valence-corrected chi connectivity index (χ2v) is 5.78. The topological polar surface area (TPSA) is 3.24 Å². The molecule has 0 radical (unpaired) electrons. The number of anilines is 1. The van der Waals surface area contributed by atoms with Crippen molar-refractivity contribution < 1.29 is 0 Å². The summed E-state index contributed by atoms with van der Waals surface area (Å²) in [7, 11) is 2.11. The summed E-state index contributed by atoms with van der Waals surface area (Å²) < 4.78 is 0.987. The highest BCUT2D eigenvalue weighted by molar-refractivity contribution is 9.10. The van der Waals surface area contributed by atoms with Gasteiger partial charge in [-0.25, -0.2) is 0 Å². The summed E-state index contributed by atoms with van der Waals surface area (Å²) in [5.74, 6) is 0. The van der Waals surface area contributed by atoms with Crippen molar-refractivity contribution in [1.82, 2.24) is 0 Å². The van der Waals surface area contributed by atoms with Crippen LogP contribution < -0.4 is 4.90 Å². The zero-order valence-electron chi connectivity index (χ0n) is 8.56. The van der Waals surface area contributed by atoms with Crippen LogP contribution in [0, 0.1) is 0 Å². The fourth-order valence-corrected chi connectivity index (χ4v) is 2.66. The Hall–Kier alpha value is -0.210. The lowest BCUT2D eigenvalue weighted by Crippen LogP contribution is -2.24. The Kier molecular flexibility index (Phi) is 2.31. The molecule has 1 aliphatic heterocycles. The molecule has 1 aliphatic rings. The van der Waals surface area contributed by atoms with E-state index in [4.69, 9.17) is 11.6 Å². The molecule has 0 N–H and O–H groups in total. The molecule has 0 fully saturated rings. The molecular formula is C11H13BrClN. The Labute approximate surface area is 98.2 Å². The van der Waals surface area contributed by atoms with Crippen molar-refractivity contribution in [2.45, 2.75) is 19.3 Å². The van der Waals surface area contributed by atoms with Gasteiger partial charge in [0.25, 0.3) is 0 Å². The first-order chi connectivity index (χ1) is 6.42. The number of likely N-dealkylation sites (N-methyl/N-ethyl adjacent to an activating group) is 1. The first-order valence-corrected chi connectivity index (χ1v) is 5.79. The molecule has 1 nitrogen and oxygen atoms in total. The minimum absolute atomic E-state index is 0.219. The number of nitrogens with zero attached hydrogens (tertiary/aromatic N) is 1. The average molecular weight is 275 g/mol. The summed E-state index contributed by atoms with van der Waals surface area (Å²) in [5, 5.41) is 0.785. The van der Waals surface area contributed by atoms with Crippen molar-refractivity contribution in [3.63, 3.8) is 0 Å². The fraction of sp³-hybridized carbons (Fsp3) is 0.455. The van der Waals surface area contributed by atoms with Gasteiger partial charge in [0.1, 0.15) is 0 Å². The normalized spacial score (nSPS) is 18.5. The van der Waals surface area contributed by atoms with Crippen LogP contribution in [0.25, 0.3) is 0 Å². The molecule has 0 aliphatic carbocycles. The molecule has 14 heavy (non-hydrogen) atoms. The maximum atomic E-state index is 6.08. The smallest absolute Gasteiger partial charge is 0.0568 e. The van der Waals surface area contributed by atoms with E-state index in [0.29, 0.717) is 0 Å². The second kappa shape index (κ2) is 3.14. The number of rotatable bonds is 0. The zero-order chi connectivity index (χ0) is 10.5. The minimum atomic E-state index is 0.219. The maximum Gasteiger partial charge on any atom is 0.0568 e. The monoisotopic (exact) mass is 273 g/mol. The summed E-state index contributed by atoms with van der Waals surface area (Å²) in [5.41, 5.74) is 2.84. The van der Waals surface area contributed by atoms with Crippen LogP contribution in [0.5, 0.6) is 0 Å². The average Bonchev–Trinajstić information content (AvgIpc) is 2.26. The Bertz CT molecular complexity index is 387. The first kappa shape index (κ1) is 10.3. The largest absolute Gasteiger partial charge is 0.373 e. The Morgan fingerprint density at radius 1 is 1.43 bits per heavy atom. The molecule has 76 valence electrons. The van der Waals surface area contributed by atoms with Gasteiger partial charge in [-0.3, -0.25) is 0 Å². The molecule has 0 saturated heterocycles. The van der Waals surface area contributed by atoms with Crippen LogP contribution in [0.3, 0.4) is 0 Å². The molecule has 0 aromatic heterocycles. The highest BCUT2D eigenvalue weighted by Crippen LogP contribution is 2.43. The number of benzene rings is 1. The van der Waals surface area contributed by atoms with Gasteiger partial charge >= 0.3 is 0 Å². The third kappa shape index (κ3) is 1.45. The van der Waals surface area contributed by atoms with Gasteiger partial charge in [0.05, 0.1) is 5.02 Å². The molecule has 0 amide bonds. The van der Waals surface area contributed by atoms with Gasteiger partial charge < -0.3 is 4.90 Å². The van der Waals surface area contributed by atoms with E-state index in [2.05, 4.69) is 47.8 Å². The fourth-order valence-electron chi connectivity index (χ4n) is 2.16. The van der Waals surface area contributed by atoms with Gasteiger partial charge in [0, 0.05) is 29.2 Å². The lowest BCUT2D eigenvalue weighted by atomic mass is 9.87. The van der Waals surface area contributed by atoms with Crippen molar-refractivity contribution in [3.05, 3.63) is 27.2 Å². The van der Waals surface area contributed by atoms with Gasteiger partial charge in [0.15, 0.2) is 0 Å². The van der Waals surface area contributed by atoms with Crippen molar-refractivity contribution in [1.29, 1.82) is 0 Å². The molecule has 1 heterocycles. The summed E-state index contributed by atoms with van der Waals surface area (Å²) >= 11 is 9.55. The van der Waals surface area contributed by atoms with Crippen LogP contribution in [0.4, 0.5) is 5.69 Å². The van der Waals surface area contributed by atoms with Crippen LogP contribution >= 0.6 is 27.5 Å². The third-order valence-corrected chi connectivity index (χ3v) is 4.01. The summed E-state index contributed by atoms with van der Waals surface area (Å²) in [6, 6.07) is 4.18. The molecule has 2 rings (SSSR count). The van der Waals surface area contributed by atoms with Crippen LogP contribution in [0.15, 0.2) is 16.6 Å². The van der Waals surface area contributed by atoms with Gasteiger partial charge in [-0.1, -0.05) is 25.4 Å². The van der Waals surface area contributed by atoms with Crippen molar-refractivity contribution in [2.24, 2.45) is 0 Å². The zero-order valence-corrected chi connectivity index (χ0v) is 10.9. The second-order valence-electron chi connectivity index (χ2n) is 4.52. The standard InChI is InChI=1S/C11H13BrClN/c1-11(2)6-14(3)10-5-9(13)8(12)4-7(10)11/h4-5H,6H2,1-3H3. The molecule has 0 saturated carbocycles. The third-order valence-electron chi connectivity index (χ3n) is 2.81. The summed E-state index contributed by atoms with van der Waals surface area (Å²) in [4.78, 5) is 2.26. The molecule has 3 heteroatoms. The minimum Gasteiger partial charge on any atom is -0.373 e. The molecule has 0 bridgehead atoms. The van der Waals surface area contributed by atoms with Gasteiger partial charge in [0.2, 0.25) is 0 Å². The van der Waals surface area contributed by atoms with Gasteiger partial charge in [-0.15, -0.1) is 0 Å².